The van der Waals surface area contributed by atoms with Gasteiger partial charge in [0.1, 0.15) is 5.15 Å². The van der Waals surface area contributed by atoms with Crippen molar-refractivity contribution >= 4 is 45.2 Å². The summed E-state index contributed by atoms with van der Waals surface area (Å²) < 4.78 is 2.07. The van der Waals surface area contributed by atoms with Crippen LogP contribution < -0.4 is 5.32 Å². The predicted octanol–water partition coefficient (Wildman–Crippen LogP) is 2.24. The standard InChI is InChI=1S/C7H4BrClN4O2/c8-3-1-2-4(9)13-5(3)11-12-6(13)10-7(14)15/h1-2H,(H,10,12)(H,14,15). The molecule has 0 aliphatic rings. The summed E-state index contributed by atoms with van der Waals surface area (Å²) in [5, 5.41) is 18.4. The predicted molar refractivity (Wildman–Crippen MR) is 57.3 cm³/mol. The van der Waals surface area contributed by atoms with E-state index in [1.54, 1.807) is 12.1 Å². The number of aromatic nitrogens is 3. The number of carbonyl (C=O) groups is 1. The Morgan fingerprint density at radius 3 is 2.93 bits per heavy atom. The molecule has 2 heterocycles. The summed E-state index contributed by atoms with van der Waals surface area (Å²) in [5.41, 5.74) is 0.450. The molecule has 0 spiro atoms. The van der Waals surface area contributed by atoms with Crippen molar-refractivity contribution in [3.05, 3.63) is 21.8 Å². The third-order valence-electron chi connectivity index (χ3n) is 1.68. The lowest BCUT2D eigenvalue weighted by atomic mass is 10.5. The van der Waals surface area contributed by atoms with E-state index in [2.05, 4.69) is 31.4 Å². The number of pyridine rings is 1. The van der Waals surface area contributed by atoms with Crippen LogP contribution in [0.4, 0.5) is 10.7 Å². The normalized spacial score (nSPS) is 10.5. The van der Waals surface area contributed by atoms with Crippen LogP contribution in [0.1, 0.15) is 0 Å². The summed E-state index contributed by atoms with van der Waals surface area (Å²) in [4.78, 5) is 10.5. The van der Waals surface area contributed by atoms with Crippen LogP contribution >= 0.6 is 27.5 Å². The molecule has 0 aliphatic heterocycles. The van der Waals surface area contributed by atoms with E-state index in [1.807, 2.05) is 0 Å². The van der Waals surface area contributed by atoms with Gasteiger partial charge in [-0.3, -0.25) is 5.32 Å². The van der Waals surface area contributed by atoms with Crippen LogP contribution in [-0.2, 0) is 0 Å². The first-order chi connectivity index (χ1) is 7.09. The minimum absolute atomic E-state index is 0.0591. The van der Waals surface area contributed by atoms with Gasteiger partial charge in [-0.1, -0.05) is 11.6 Å². The second-order valence-electron chi connectivity index (χ2n) is 2.62. The Morgan fingerprint density at radius 1 is 1.53 bits per heavy atom. The number of nitrogens with one attached hydrogen (secondary N) is 1. The van der Waals surface area contributed by atoms with E-state index in [9.17, 15) is 4.79 Å². The first-order valence-corrected chi connectivity index (χ1v) is 4.96. The van der Waals surface area contributed by atoms with E-state index in [0.29, 0.717) is 15.3 Å². The van der Waals surface area contributed by atoms with Crippen LogP contribution in [0.5, 0.6) is 0 Å². The van der Waals surface area contributed by atoms with Crippen LogP contribution in [0.2, 0.25) is 5.15 Å². The lowest BCUT2D eigenvalue weighted by Gasteiger charge is -2.01. The first-order valence-electron chi connectivity index (χ1n) is 3.78. The van der Waals surface area contributed by atoms with Crippen molar-refractivity contribution in [2.75, 3.05) is 5.32 Å². The number of amides is 1. The molecule has 0 radical (unpaired) electrons. The largest absolute Gasteiger partial charge is 0.465 e. The van der Waals surface area contributed by atoms with Gasteiger partial charge in [0.25, 0.3) is 0 Å². The van der Waals surface area contributed by atoms with Crippen molar-refractivity contribution in [2.24, 2.45) is 0 Å². The van der Waals surface area contributed by atoms with Crippen LogP contribution in [0.25, 0.3) is 5.65 Å². The molecule has 2 N–H and O–H groups in total. The van der Waals surface area contributed by atoms with Gasteiger partial charge in [-0.2, -0.15) is 0 Å². The SMILES string of the molecule is O=C(O)Nc1nnc2c(Br)ccc(Cl)n12. The highest BCUT2D eigenvalue weighted by atomic mass is 79.9. The van der Waals surface area contributed by atoms with E-state index in [1.165, 1.54) is 4.40 Å². The van der Waals surface area contributed by atoms with Crippen LogP contribution in [0, 0.1) is 0 Å². The van der Waals surface area contributed by atoms with E-state index in [-0.39, 0.29) is 5.95 Å². The second-order valence-corrected chi connectivity index (χ2v) is 3.86. The molecule has 8 heteroatoms. The summed E-state index contributed by atoms with van der Waals surface area (Å²) in [6.07, 6.45) is -1.22. The van der Waals surface area contributed by atoms with Gasteiger partial charge in [0.2, 0.25) is 5.95 Å². The number of fused-ring (bicyclic) bond motifs is 1. The molecule has 2 aromatic rings. The van der Waals surface area contributed by atoms with E-state index < -0.39 is 6.09 Å². The molecule has 0 saturated carbocycles. The van der Waals surface area contributed by atoms with Crippen molar-refractivity contribution in [1.29, 1.82) is 0 Å². The van der Waals surface area contributed by atoms with Crippen molar-refractivity contribution in [3.63, 3.8) is 0 Å². The third-order valence-corrected chi connectivity index (χ3v) is 2.59. The molecule has 2 aromatic heterocycles. The minimum atomic E-state index is -1.22. The fraction of sp³-hybridized carbons (Fsp3) is 0. The molecule has 2 rings (SSSR count). The number of hydrogen-bond acceptors (Lipinski definition) is 3. The molecule has 0 aromatic carbocycles. The first kappa shape index (κ1) is 10.2. The molecule has 0 fully saturated rings. The Balaban J connectivity index is 2.67. The van der Waals surface area contributed by atoms with Gasteiger partial charge in [-0.25, -0.2) is 9.20 Å². The summed E-state index contributed by atoms with van der Waals surface area (Å²) >= 11 is 9.14. The highest BCUT2D eigenvalue weighted by Crippen LogP contribution is 2.23. The Kier molecular flexibility index (Phi) is 2.49. The third kappa shape index (κ3) is 1.75. The Hall–Kier alpha value is -1.34. The average molecular weight is 291 g/mol. The molecule has 0 atom stereocenters. The minimum Gasteiger partial charge on any atom is -0.465 e. The molecule has 78 valence electrons. The van der Waals surface area contributed by atoms with Gasteiger partial charge < -0.3 is 5.11 Å². The maximum Gasteiger partial charge on any atom is 0.411 e. The van der Waals surface area contributed by atoms with Gasteiger partial charge in [0.15, 0.2) is 5.65 Å². The van der Waals surface area contributed by atoms with Gasteiger partial charge in [0.05, 0.1) is 4.47 Å². The second kappa shape index (κ2) is 3.67. The number of rotatable bonds is 1. The van der Waals surface area contributed by atoms with Gasteiger partial charge >= 0.3 is 6.09 Å². The molecule has 0 saturated heterocycles. The van der Waals surface area contributed by atoms with Crippen LogP contribution in [0.3, 0.4) is 0 Å². The number of carboxylic acid groups (broad SMARTS) is 1. The van der Waals surface area contributed by atoms with Gasteiger partial charge in [-0.05, 0) is 28.1 Å². The Labute approximate surface area is 97.0 Å². The van der Waals surface area contributed by atoms with Crippen molar-refractivity contribution in [2.45, 2.75) is 0 Å². The van der Waals surface area contributed by atoms with Crippen molar-refractivity contribution in [1.82, 2.24) is 14.6 Å². The van der Waals surface area contributed by atoms with Crippen LogP contribution in [-0.4, -0.2) is 25.8 Å². The van der Waals surface area contributed by atoms with Gasteiger partial charge in [0, 0.05) is 0 Å². The molecule has 6 nitrogen and oxygen atoms in total. The topological polar surface area (TPSA) is 79.5 Å². The zero-order chi connectivity index (χ0) is 11.0. The maximum absolute atomic E-state index is 10.5. The summed E-state index contributed by atoms with van der Waals surface area (Å²) in [6, 6.07) is 3.31. The summed E-state index contributed by atoms with van der Waals surface area (Å²) in [7, 11) is 0. The number of nitrogens with zero attached hydrogens (tertiary/aromatic N) is 3. The van der Waals surface area contributed by atoms with E-state index in [4.69, 9.17) is 16.7 Å². The molecule has 0 bridgehead atoms. The fourth-order valence-corrected chi connectivity index (χ4v) is 1.72. The highest BCUT2D eigenvalue weighted by Gasteiger charge is 2.12. The summed E-state index contributed by atoms with van der Waals surface area (Å²) in [5.74, 6) is 0.0591. The lowest BCUT2D eigenvalue weighted by Crippen LogP contribution is -2.10. The molecular formula is C7H4BrClN4O2. The maximum atomic E-state index is 10.5. The smallest absolute Gasteiger partial charge is 0.411 e. The zero-order valence-corrected chi connectivity index (χ0v) is 9.45. The highest BCUT2D eigenvalue weighted by molar-refractivity contribution is 9.10. The van der Waals surface area contributed by atoms with Crippen molar-refractivity contribution in [3.8, 4) is 0 Å². The van der Waals surface area contributed by atoms with E-state index in [0.717, 1.165) is 0 Å². The molecule has 1 amide bonds. The molecule has 0 aliphatic carbocycles. The Morgan fingerprint density at radius 2 is 2.27 bits per heavy atom. The zero-order valence-electron chi connectivity index (χ0n) is 7.11. The Bertz CT molecular complexity index is 541. The average Bonchev–Trinajstić information content (AvgIpc) is 2.56. The lowest BCUT2D eigenvalue weighted by molar-refractivity contribution is 0.209. The molecular weight excluding hydrogens is 287 g/mol. The van der Waals surface area contributed by atoms with Crippen LogP contribution in [0.15, 0.2) is 16.6 Å². The quantitative estimate of drug-likeness (QED) is 0.790. The summed E-state index contributed by atoms with van der Waals surface area (Å²) in [6.45, 7) is 0. The number of anilines is 1. The molecule has 0 unspecified atom stereocenters. The number of halogens is 2. The van der Waals surface area contributed by atoms with E-state index >= 15 is 0 Å². The monoisotopic (exact) mass is 290 g/mol. The van der Waals surface area contributed by atoms with Crippen molar-refractivity contribution < 1.29 is 9.90 Å². The van der Waals surface area contributed by atoms with Gasteiger partial charge in [-0.15, -0.1) is 10.2 Å². The number of hydrogen-bond donors (Lipinski definition) is 2. The molecule has 15 heavy (non-hydrogen) atoms. The fourth-order valence-electron chi connectivity index (χ4n) is 1.11.